The van der Waals surface area contributed by atoms with Gasteiger partial charge in [-0.2, -0.15) is 0 Å². The monoisotopic (exact) mass is 632 g/mol. The third-order valence-electron chi connectivity index (χ3n) is 7.98. The van der Waals surface area contributed by atoms with Crippen molar-refractivity contribution in [3.8, 4) is 0 Å². The molecule has 0 spiro atoms. The van der Waals surface area contributed by atoms with E-state index in [0.29, 0.717) is 22.3 Å². The van der Waals surface area contributed by atoms with Crippen LogP contribution in [0.25, 0.3) is 0 Å². The average Bonchev–Trinajstić information content (AvgIpc) is 2.94. The van der Waals surface area contributed by atoms with Gasteiger partial charge < -0.3 is 26.4 Å². The van der Waals surface area contributed by atoms with Gasteiger partial charge in [-0.25, -0.2) is 18.0 Å². The topological polar surface area (TPSA) is 203 Å². The number of aliphatic carboxylic acids is 1. The lowest BCUT2D eigenvalue weighted by Gasteiger charge is -2.35. The Balaban J connectivity index is 0.00000159. The molecule has 1 fully saturated rings. The van der Waals surface area contributed by atoms with Crippen molar-refractivity contribution in [2.45, 2.75) is 88.3 Å². The largest absolute Gasteiger partial charge is 0.503 e. The van der Waals surface area contributed by atoms with Crippen LogP contribution in [0, 0.1) is 11.3 Å². The number of hydrogen-bond donors (Lipinski definition) is 7. The van der Waals surface area contributed by atoms with Crippen molar-refractivity contribution in [3.63, 3.8) is 0 Å². The molecule has 0 radical (unpaired) electrons. The zero-order valence-corrected chi connectivity index (χ0v) is 27.3. The maximum atomic E-state index is 15.0. The first-order chi connectivity index (χ1) is 20.4. The Labute approximate surface area is 260 Å². The van der Waals surface area contributed by atoms with Crippen molar-refractivity contribution in [2.75, 3.05) is 19.6 Å². The van der Waals surface area contributed by atoms with Gasteiger partial charge in [-0.15, -0.1) is 0 Å². The van der Waals surface area contributed by atoms with E-state index < -0.39 is 26.8 Å². The molecular formula is C32H48N4O7S. The zero-order chi connectivity index (χ0) is 33.4. The average molecular weight is 633 g/mol. The highest BCUT2D eigenvalue weighted by molar-refractivity contribution is 7.93. The van der Waals surface area contributed by atoms with Crippen LogP contribution in [0.3, 0.4) is 0 Å². The standard InChI is InChI=1S/C31H46N4O4S.CH2O3/c1-19(2)25-15-26(20(3)4)28(27(16-25)21(5)6)40(38,39)31(30(36)37,35-18-22-10-12-34-13-11-22)17-23-8-7-9-24(14-23)29(32)33;2-1(3)4/h7-9,14-16,19-22,34-35H,10-13,17-18H2,1-6H3,(H3,32,33)(H,36,37);(H2,2,3,4)/t31-;/m1./s1. The quantitative estimate of drug-likeness (QED) is 0.124. The number of nitrogens with one attached hydrogen (secondary N) is 3. The zero-order valence-electron chi connectivity index (χ0n) is 26.5. The minimum absolute atomic E-state index is 0.116. The number of nitrogen functional groups attached to an aromatic ring is 1. The van der Waals surface area contributed by atoms with Crippen LogP contribution < -0.4 is 16.4 Å². The highest BCUT2D eigenvalue weighted by atomic mass is 32.2. The van der Waals surface area contributed by atoms with Crippen LogP contribution >= 0.6 is 0 Å². The Morgan fingerprint density at radius 3 is 1.93 bits per heavy atom. The number of benzene rings is 2. The number of nitrogens with two attached hydrogens (primary N) is 1. The first-order valence-corrected chi connectivity index (χ1v) is 16.4. The Bertz CT molecular complexity index is 1400. The van der Waals surface area contributed by atoms with Gasteiger partial charge in [0, 0.05) is 18.5 Å². The molecule has 244 valence electrons. The summed E-state index contributed by atoms with van der Waals surface area (Å²) < 4.78 is 30.0. The summed E-state index contributed by atoms with van der Waals surface area (Å²) in [7, 11) is -4.50. The van der Waals surface area contributed by atoms with Crippen LogP contribution in [0.5, 0.6) is 0 Å². The van der Waals surface area contributed by atoms with Crippen molar-refractivity contribution in [1.29, 1.82) is 5.41 Å². The Hall–Kier alpha value is -3.48. The highest BCUT2D eigenvalue weighted by Crippen LogP contribution is 2.40. The molecule has 0 aliphatic carbocycles. The summed E-state index contributed by atoms with van der Waals surface area (Å²) in [5, 5.41) is 39.1. The molecule has 0 bridgehead atoms. The summed E-state index contributed by atoms with van der Waals surface area (Å²) in [6, 6.07) is 10.5. The summed E-state index contributed by atoms with van der Waals surface area (Å²) in [4.78, 5) is 19.7. The molecule has 0 unspecified atom stereocenters. The second kappa shape index (κ2) is 15.5. The Kier molecular flexibility index (Phi) is 12.9. The summed E-state index contributed by atoms with van der Waals surface area (Å²) in [6.07, 6.45) is -0.474. The minimum atomic E-state index is -4.50. The van der Waals surface area contributed by atoms with Crippen LogP contribution in [-0.2, 0) is 21.1 Å². The molecule has 1 atom stereocenters. The molecule has 0 saturated carbocycles. The number of carbonyl (C=O) groups is 2. The number of hydrogen-bond acceptors (Lipinski definition) is 7. The molecular weight excluding hydrogens is 584 g/mol. The van der Waals surface area contributed by atoms with E-state index in [1.807, 2.05) is 39.8 Å². The van der Waals surface area contributed by atoms with Gasteiger partial charge in [0.1, 0.15) is 5.84 Å². The van der Waals surface area contributed by atoms with Crippen LogP contribution in [0.4, 0.5) is 4.79 Å². The van der Waals surface area contributed by atoms with E-state index in [2.05, 4.69) is 24.5 Å². The first-order valence-electron chi connectivity index (χ1n) is 14.9. The molecule has 2 aromatic rings. The smallest absolute Gasteiger partial charge is 0.479 e. The number of piperidine rings is 1. The number of carboxylic acid groups (broad SMARTS) is 3. The minimum Gasteiger partial charge on any atom is -0.479 e. The summed E-state index contributed by atoms with van der Waals surface area (Å²) in [6.45, 7) is 13.8. The van der Waals surface area contributed by atoms with Crippen LogP contribution in [0.15, 0.2) is 41.3 Å². The maximum absolute atomic E-state index is 15.0. The molecule has 44 heavy (non-hydrogen) atoms. The van der Waals surface area contributed by atoms with E-state index in [9.17, 15) is 9.90 Å². The van der Waals surface area contributed by atoms with Gasteiger partial charge in [0.2, 0.25) is 14.7 Å². The predicted octanol–water partition coefficient (Wildman–Crippen LogP) is 4.95. The van der Waals surface area contributed by atoms with Crippen molar-refractivity contribution in [2.24, 2.45) is 11.7 Å². The van der Waals surface area contributed by atoms with Gasteiger partial charge in [-0.3, -0.25) is 10.7 Å². The van der Waals surface area contributed by atoms with Crippen molar-refractivity contribution < 1.29 is 33.3 Å². The summed E-state index contributed by atoms with van der Waals surface area (Å²) in [5.41, 5.74) is 8.92. The van der Waals surface area contributed by atoms with E-state index in [1.165, 1.54) is 0 Å². The molecule has 11 nitrogen and oxygen atoms in total. The number of carboxylic acids is 1. The molecule has 0 aromatic heterocycles. The fourth-order valence-electron chi connectivity index (χ4n) is 5.42. The lowest BCUT2D eigenvalue weighted by atomic mass is 9.89. The third-order valence-corrected chi connectivity index (χ3v) is 10.4. The summed E-state index contributed by atoms with van der Waals surface area (Å²) >= 11 is 0. The fraction of sp³-hybridized carbons (Fsp3) is 0.531. The first kappa shape index (κ1) is 36.7. The van der Waals surface area contributed by atoms with Crippen LogP contribution in [-0.4, -0.2) is 66.2 Å². The lowest BCUT2D eigenvalue weighted by Crippen LogP contribution is -2.61. The van der Waals surface area contributed by atoms with Gasteiger partial charge in [0.15, 0.2) is 0 Å². The van der Waals surface area contributed by atoms with Crippen molar-refractivity contribution >= 4 is 27.8 Å². The molecule has 3 rings (SSSR count). The van der Waals surface area contributed by atoms with Gasteiger partial charge in [0.05, 0.1) is 4.90 Å². The van der Waals surface area contributed by atoms with Crippen molar-refractivity contribution in [1.82, 2.24) is 10.6 Å². The normalized spacial score (nSPS) is 15.5. The molecule has 8 N–H and O–H groups in total. The molecule has 1 heterocycles. The second-order valence-corrected chi connectivity index (χ2v) is 14.4. The molecule has 0 amide bonds. The van der Waals surface area contributed by atoms with E-state index in [-0.39, 0.29) is 47.4 Å². The van der Waals surface area contributed by atoms with E-state index in [4.69, 9.17) is 26.2 Å². The molecule has 12 heteroatoms. The number of amidine groups is 1. The third kappa shape index (κ3) is 8.80. The maximum Gasteiger partial charge on any atom is 0.503 e. The van der Waals surface area contributed by atoms with Crippen LogP contribution in [0.1, 0.15) is 100.0 Å². The number of sulfone groups is 1. The van der Waals surface area contributed by atoms with E-state index in [1.54, 1.807) is 24.3 Å². The van der Waals surface area contributed by atoms with Gasteiger partial charge in [-0.05, 0) is 77.9 Å². The van der Waals surface area contributed by atoms with Gasteiger partial charge in [-0.1, -0.05) is 71.9 Å². The molecule has 1 aliphatic heterocycles. The van der Waals surface area contributed by atoms with Crippen molar-refractivity contribution in [3.05, 3.63) is 64.2 Å². The molecule has 1 aliphatic rings. The van der Waals surface area contributed by atoms with E-state index >= 15 is 8.42 Å². The van der Waals surface area contributed by atoms with Gasteiger partial charge >= 0.3 is 12.1 Å². The predicted molar refractivity (Wildman–Crippen MR) is 172 cm³/mol. The fourth-order valence-corrected chi connectivity index (χ4v) is 7.84. The second-order valence-electron chi connectivity index (χ2n) is 12.3. The molecule has 2 aromatic carbocycles. The highest BCUT2D eigenvalue weighted by Gasteiger charge is 2.53. The van der Waals surface area contributed by atoms with E-state index in [0.717, 1.165) is 31.5 Å². The number of rotatable bonds is 12. The lowest BCUT2D eigenvalue weighted by molar-refractivity contribution is -0.141. The molecule has 1 saturated heterocycles. The van der Waals surface area contributed by atoms with Crippen LogP contribution in [0.2, 0.25) is 0 Å². The Morgan fingerprint density at radius 2 is 1.50 bits per heavy atom. The SMILES string of the molecule is CC(C)c1cc(C(C)C)c(S(=O)(=O)[C@@](Cc2cccc(C(=N)N)c2)(NCC2CCNCC2)C(=O)O)c(C(C)C)c1.O=C(O)O. The Morgan fingerprint density at radius 1 is 0.977 bits per heavy atom. The van der Waals surface area contributed by atoms with Gasteiger partial charge in [0.25, 0.3) is 0 Å². The summed E-state index contributed by atoms with van der Waals surface area (Å²) in [5.74, 6) is -1.55.